The zero-order valence-electron chi connectivity index (χ0n) is 12.9. The Bertz CT molecular complexity index is 894. The third-order valence-electron chi connectivity index (χ3n) is 3.51. The average molecular weight is 313 g/mol. The number of rotatable bonds is 4. The van der Waals surface area contributed by atoms with E-state index in [0.29, 0.717) is 39.3 Å². The second-order valence-electron chi connectivity index (χ2n) is 5.15. The van der Waals surface area contributed by atoms with Crippen molar-refractivity contribution in [2.75, 3.05) is 21.2 Å². The Morgan fingerprint density at radius 1 is 1.39 bits per heavy atom. The minimum absolute atomic E-state index is 0.187. The summed E-state index contributed by atoms with van der Waals surface area (Å²) in [6, 6.07) is 1.62. The van der Waals surface area contributed by atoms with Crippen LogP contribution in [0.3, 0.4) is 0 Å². The number of amides is 1. The minimum Gasteiger partial charge on any atom is -0.494 e. The molecule has 1 amide bonds. The molecule has 0 bridgehead atoms. The van der Waals surface area contributed by atoms with Crippen molar-refractivity contribution in [3.63, 3.8) is 0 Å². The molecule has 0 aliphatic carbocycles. The Morgan fingerprint density at radius 2 is 2.17 bits per heavy atom. The van der Waals surface area contributed by atoms with E-state index in [1.165, 1.54) is 18.2 Å². The van der Waals surface area contributed by atoms with E-state index < -0.39 is 0 Å². The number of carbonyl (C=O) groups excluding carboxylic acids is 2. The average Bonchev–Trinajstić information content (AvgIpc) is 3.20. The van der Waals surface area contributed by atoms with E-state index in [-0.39, 0.29) is 5.91 Å². The van der Waals surface area contributed by atoms with E-state index in [9.17, 15) is 9.59 Å². The number of hydrogen-bond donors (Lipinski definition) is 2. The van der Waals surface area contributed by atoms with Crippen molar-refractivity contribution >= 4 is 23.1 Å². The first-order valence-electron chi connectivity index (χ1n) is 6.83. The Balaban J connectivity index is 2.16. The lowest BCUT2D eigenvalue weighted by molar-refractivity contribution is 0.0822. The molecular weight excluding hydrogens is 298 g/mol. The van der Waals surface area contributed by atoms with E-state index in [1.54, 1.807) is 26.4 Å². The van der Waals surface area contributed by atoms with Crippen molar-refractivity contribution in [2.24, 2.45) is 0 Å². The maximum Gasteiger partial charge on any atom is 0.271 e. The van der Waals surface area contributed by atoms with Gasteiger partial charge in [-0.3, -0.25) is 14.7 Å². The second kappa shape index (κ2) is 5.56. The van der Waals surface area contributed by atoms with Gasteiger partial charge >= 0.3 is 0 Å². The van der Waals surface area contributed by atoms with Crippen LogP contribution >= 0.6 is 0 Å². The molecule has 0 fully saturated rings. The van der Waals surface area contributed by atoms with Crippen LogP contribution in [0.25, 0.3) is 22.3 Å². The van der Waals surface area contributed by atoms with Gasteiger partial charge in [-0.05, 0) is 6.07 Å². The lowest BCUT2D eigenvalue weighted by Gasteiger charge is -2.07. The number of H-pyrrole nitrogens is 2. The summed E-state index contributed by atoms with van der Waals surface area (Å²) in [5.74, 6) is 0.306. The third kappa shape index (κ3) is 2.33. The molecule has 0 radical (unpaired) electrons. The molecule has 3 rings (SSSR count). The van der Waals surface area contributed by atoms with Crippen molar-refractivity contribution in [1.82, 2.24) is 25.1 Å². The zero-order chi connectivity index (χ0) is 16.6. The molecule has 0 aliphatic heterocycles. The van der Waals surface area contributed by atoms with Crippen molar-refractivity contribution in [1.29, 1.82) is 0 Å². The van der Waals surface area contributed by atoms with Gasteiger partial charge in [0.2, 0.25) is 0 Å². The second-order valence-corrected chi connectivity index (χ2v) is 5.15. The first-order chi connectivity index (χ1) is 11.1. The van der Waals surface area contributed by atoms with E-state index >= 15 is 0 Å². The van der Waals surface area contributed by atoms with Gasteiger partial charge in [-0.25, -0.2) is 4.98 Å². The predicted octanol–water partition coefficient (Wildman–Crippen LogP) is 1.48. The number of ether oxygens (including phenoxy) is 1. The fourth-order valence-corrected chi connectivity index (χ4v) is 2.38. The molecule has 0 aromatic carbocycles. The van der Waals surface area contributed by atoms with Crippen LogP contribution in [-0.2, 0) is 0 Å². The SMILES string of the molecule is COc1cnc(-c2cc(C(=O)N(C)C)[nH]n2)c2[nH]cc(C=O)c12. The summed E-state index contributed by atoms with van der Waals surface area (Å²) in [6.07, 6.45) is 3.86. The van der Waals surface area contributed by atoms with Crippen LogP contribution in [0.5, 0.6) is 5.75 Å². The highest BCUT2D eigenvalue weighted by Gasteiger charge is 2.19. The number of aromatic nitrogens is 4. The number of nitrogens with zero attached hydrogens (tertiary/aromatic N) is 3. The van der Waals surface area contributed by atoms with Gasteiger partial charge in [0.05, 0.1) is 24.2 Å². The van der Waals surface area contributed by atoms with Gasteiger partial charge in [0, 0.05) is 25.9 Å². The van der Waals surface area contributed by atoms with Crippen LogP contribution < -0.4 is 4.74 Å². The maximum absolute atomic E-state index is 12.0. The van der Waals surface area contributed by atoms with Gasteiger partial charge in [0.25, 0.3) is 5.91 Å². The van der Waals surface area contributed by atoms with Crippen molar-refractivity contribution < 1.29 is 14.3 Å². The van der Waals surface area contributed by atoms with Crippen molar-refractivity contribution in [3.8, 4) is 17.1 Å². The summed E-state index contributed by atoms with van der Waals surface area (Å²) in [6.45, 7) is 0. The molecule has 0 aliphatic rings. The van der Waals surface area contributed by atoms with Gasteiger partial charge in [0.1, 0.15) is 22.8 Å². The molecule has 8 heteroatoms. The van der Waals surface area contributed by atoms with Gasteiger partial charge in [-0.1, -0.05) is 0 Å². The highest BCUT2D eigenvalue weighted by Crippen LogP contribution is 2.33. The fourth-order valence-electron chi connectivity index (χ4n) is 2.38. The Morgan fingerprint density at radius 3 is 2.83 bits per heavy atom. The van der Waals surface area contributed by atoms with Crippen LogP contribution in [0.1, 0.15) is 20.8 Å². The first-order valence-corrected chi connectivity index (χ1v) is 6.83. The lowest BCUT2D eigenvalue weighted by atomic mass is 10.1. The molecule has 3 aromatic heterocycles. The summed E-state index contributed by atoms with van der Waals surface area (Å²) in [5, 5.41) is 7.49. The van der Waals surface area contributed by atoms with Crippen LogP contribution in [0, 0.1) is 0 Å². The zero-order valence-corrected chi connectivity index (χ0v) is 12.9. The number of fused-ring (bicyclic) bond motifs is 1. The largest absolute Gasteiger partial charge is 0.494 e. The van der Waals surface area contributed by atoms with E-state index in [2.05, 4.69) is 20.2 Å². The molecule has 0 atom stereocenters. The summed E-state index contributed by atoms with van der Waals surface area (Å²) in [5.41, 5.74) is 2.49. The van der Waals surface area contributed by atoms with E-state index in [4.69, 9.17) is 4.74 Å². The Hall–Kier alpha value is -3.16. The normalized spacial score (nSPS) is 10.7. The highest BCUT2D eigenvalue weighted by molar-refractivity contribution is 6.05. The molecule has 3 heterocycles. The van der Waals surface area contributed by atoms with Crippen LogP contribution in [0.2, 0.25) is 0 Å². The van der Waals surface area contributed by atoms with E-state index in [1.807, 2.05) is 0 Å². The van der Waals surface area contributed by atoms with Gasteiger partial charge < -0.3 is 14.6 Å². The van der Waals surface area contributed by atoms with Crippen molar-refractivity contribution in [3.05, 3.63) is 29.7 Å². The molecule has 0 unspecified atom stereocenters. The minimum atomic E-state index is -0.187. The van der Waals surface area contributed by atoms with Crippen LogP contribution in [-0.4, -0.2) is 58.5 Å². The number of carbonyl (C=O) groups is 2. The number of methoxy groups -OCH3 is 1. The number of nitrogens with one attached hydrogen (secondary N) is 2. The fraction of sp³-hybridized carbons (Fsp3) is 0.200. The summed E-state index contributed by atoms with van der Waals surface area (Å²) < 4.78 is 5.26. The predicted molar refractivity (Wildman–Crippen MR) is 83.6 cm³/mol. The highest BCUT2D eigenvalue weighted by atomic mass is 16.5. The molecule has 118 valence electrons. The molecule has 8 nitrogen and oxygen atoms in total. The third-order valence-corrected chi connectivity index (χ3v) is 3.51. The summed E-state index contributed by atoms with van der Waals surface area (Å²) in [4.78, 5) is 32.0. The summed E-state index contributed by atoms with van der Waals surface area (Å²) >= 11 is 0. The van der Waals surface area contributed by atoms with Crippen LogP contribution in [0.15, 0.2) is 18.5 Å². The number of aldehydes is 1. The number of aromatic amines is 2. The van der Waals surface area contributed by atoms with Crippen LogP contribution in [0.4, 0.5) is 0 Å². The lowest BCUT2D eigenvalue weighted by Crippen LogP contribution is -2.21. The maximum atomic E-state index is 12.0. The smallest absolute Gasteiger partial charge is 0.271 e. The topological polar surface area (TPSA) is 104 Å². The molecule has 2 N–H and O–H groups in total. The number of hydrogen-bond acceptors (Lipinski definition) is 5. The summed E-state index contributed by atoms with van der Waals surface area (Å²) in [7, 11) is 4.84. The van der Waals surface area contributed by atoms with Gasteiger partial charge in [-0.15, -0.1) is 0 Å². The molecule has 3 aromatic rings. The van der Waals surface area contributed by atoms with Crippen molar-refractivity contribution in [2.45, 2.75) is 0 Å². The Kier molecular flexibility index (Phi) is 3.57. The molecular formula is C15H15N5O3. The molecule has 0 saturated heterocycles. The van der Waals surface area contributed by atoms with Gasteiger partial charge in [0.15, 0.2) is 6.29 Å². The number of pyridine rings is 1. The van der Waals surface area contributed by atoms with E-state index in [0.717, 1.165) is 6.29 Å². The van der Waals surface area contributed by atoms with Gasteiger partial charge in [-0.2, -0.15) is 5.10 Å². The quantitative estimate of drug-likeness (QED) is 0.710. The first kappa shape index (κ1) is 14.8. The monoisotopic (exact) mass is 313 g/mol. The standard InChI is InChI=1S/C15H15N5O3/c1-20(2)15(22)10-4-9(18-19-10)13-14-12(8(7-21)5-16-14)11(23-3)6-17-13/h4-7,16H,1-3H3,(H,18,19). The molecule has 0 spiro atoms. The molecule has 23 heavy (non-hydrogen) atoms. The Labute approximate surface area is 131 Å². The molecule has 0 saturated carbocycles.